The smallest absolute Gasteiger partial charge is 0.103 e. The second-order valence-corrected chi connectivity index (χ2v) is 9.77. The summed E-state index contributed by atoms with van der Waals surface area (Å²) in [5.74, 6) is 0.542. The zero-order valence-electron chi connectivity index (χ0n) is 19.7. The Hall–Kier alpha value is -2.13. The van der Waals surface area contributed by atoms with Crippen molar-refractivity contribution in [2.45, 2.75) is 46.2 Å². The Morgan fingerprint density at radius 2 is 1.85 bits per heavy atom. The van der Waals surface area contributed by atoms with E-state index >= 15 is 0 Å². The lowest BCUT2D eigenvalue weighted by atomic mass is 9.97. The van der Waals surface area contributed by atoms with Crippen LogP contribution >= 0.6 is 11.6 Å². The molecule has 1 aromatic carbocycles. The zero-order chi connectivity index (χ0) is 23.2. The lowest BCUT2D eigenvalue weighted by Gasteiger charge is -2.50. The number of fused-ring (bicyclic) bond motifs is 1. The molecule has 2 unspecified atom stereocenters. The number of nitrogens with two attached hydrogens (primary N) is 1. The van der Waals surface area contributed by atoms with E-state index in [0.717, 1.165) is 73.1 Å². The fourth-order valence-electron chi connectivity index (χ4n) is 4.98. The van der Waals surface area contributed by atoms with E-state index in [4.69, 9.17) is 22.1 Å². The summed E-state index contributed by atoms with van der Waals surface area (Å²) in [5, 5.41) is 11.0. The van der Waals surface area contributed by atoms with Crippen LogP contribution in [-0.2, 0) is 4.74 Å². The van der Waals surface area contributed by atoms with Gasteiger partial charge < -0.3 is 15.4 Å². The maximum absolute atomic E-state index is 6.70. The zero-order valence-corrected chi connectivity index (χ0v) is 20.5. The van der Waals surface area contributed by atoms with Gasteiger partial charge in [-0.15, -0.1) is 0 Å². The first-order chi connectivity index (χ1) is 16.1. The largest absolute Gasteiger partial charge is 0.377 e. The normalized spacial score (nSPS) is 23.6. The van der Waals surface area contributed by atoms with Crippen LogP contribution in [-0.4, -0.2) is 75.9 Å². The molecule has 3 aromatic rings. The first-order valence-electron chi connectivity index (χ1n) is 12.1. The number of ether oxygens (including phenoxy) is 1. The van der Waals surface area contributed by atoms with Crippen LogP contribution in [0.3, 0.4) is 0 Å². The molecule has 0 spiro atoms. The molecule has 2 aromatic heterocycles. The van der Waals surface area contributed by atoms with Crippen molar-refractivity contribution in [1.82, 2.24) is 24.5 Å². The highest BCUT2D eigenvalue weighted by Gasteiger charge is 2.41. The predicted octanol–water partition coefficient (Wildman–Crippen LogP) is 3.97. The molecule has 8 nitrogen and oxygen atoms in total. The Bertz CT molecular complexity index is 1110. The van der Waals surface area contributed by atoms with Crippen LogP contribution in [0.5, 0.6) is 0 Å². The molecule has 0 radical (unpaired) electrons. The van der Waals surface area contributed by atoms with Gasteiger partial charge in [0.25, 0.3) is 0 Å². The first-order valence-corrected chi connectivity index (χ1v) is 12.4. The van der Waals surface area contributed by atoms with Crippen LogP contribution in [0.1, 0.15) is 40.7 Å². The number of anilines is 1. The van der Waals surface area contributed by atoms with Crippen LogP contribution in [0.15, 0.2) is 30.7 Å². The number of halogens is 1. The maximum Gasteiger partial charge on any atom is 0.103 e. The Morgan fingerprint density at radius 1 is 1.12 bits per heavy atom. The number of aromatic nitrogens is 4. The minimum atomic E-state index is 0. The molecule has 2 atom stereocenters. The quantitative estimate of drug-likeness (QED) is 0.586. The van der Waals surface area contributed by atoms with Crippen molar-refractivity contribution in [2.24, 2.45) is 11.7 Å². The monoisotopic (exact) mass is 487 g/mol. The topological polar surface area (TPSA) is 77.4 Å². The third-order valence-corrected chi connectivity index (χ3v) is 7.51. The molecule has 1 aliphatic carbocycles. The van der Waals surface area contributed by atoms with Gasteiger partial charge in [0.05, 0.1) is 59.6 Å². The Kier molecular flexibility index (Phi) is 7.24. The summed E-state index contributed by atoms with van der Waals surface area (Å²) in [5.41, 5.74) is 9.08. The predicted molar refractivity (Wildman–Crippen MR) is 139 cm³/mol. The molecule has 0 bridgehead atoms. The molecule has 9 heteroatoms. The molecule has 2 N–H and O–H groups in total. The van der Waals surface area contributed by atoms with Crippen LogP contribution in [0.2, 0.25) is 5.02 Å². The number of hydrogen-bond acceptors (Lipinski definition) is 6. The van der Waals surface area contributed by atoms with Gasteiger partial charge in [-0.3, -0.25) is 9.58 Å². The molecule has 34 heavy (non-hydrogen) atoms. The van der Waals surface area contributed by atoms with Crippen molar-refractivity contribution in [3.63, 3.8) is 0 Å². The molecular weight excluding hydrogens is 450 g/mol. The van der Waals surface area contributed by atoms with Crippen LogP contribution in [0, 0.1) is 5.92 Å². The SMILES string of the molecule is C.CC.CC1(N2CCN(c3cc4c(cnn4-c4cnn(C5CC5CN)c4)cc3Cl)CC2)COC1. The van der Waals surface area contributed by atoms with Gasteiger partial charge in [-0.25, -0.2) is 4.68 Å². The molecule has 6 rings (SSSR count). The van der Waals surface area contributed by atoms with Gasteiger partial charge in [0.1, 0.15) is 5.69 Å². The summed E-state index contributed by atoms with van der Waals surface area (Å²) in [6, 6.07) is 4.62. The fourth-order valence-corrected chi connectivity index (χ4v) is 5.27. The van der Waals surface area contributed by atoms with E-state index in [9.17, 15) is 0 Å². The van der Waals surface area contributed by atoms with E-state index in [2.05, 4.69) is 39.2 Å². The molecule has 1 saturated carbocycles. The van der Waals surface area contributed by atoms with Crippen molar-refractivity contribution in [2.75, 3.05) is 50.8 Å². The average Bonchev–Trinajstić information content (AvgIpc) is 3.26. The average molecular weight is 488 g/mol. The summed E-state index contributed by atoms with van der Waals surface area (Å²) in [6.07, 6.45) is 6.93. The van der Waals surface area contributed by atoms with Crippen molar-refractivity contribution in [3.05, 3.63) is 35.7 Å². The van der Waals surface area contributed by atoms with Crippen molar-refractivity contribution in [1.29, 1.82) is 0 Å². The summed E-state index contributed by atoms with van der Waals surface area (Å²) in [6.45, 7) is 12.6. The number of piperazine rings is 1. The van der Waals surface area contributed by atoms with Crippen LogP contribution in [0.25, 0.3) is 16.6 Å². The number of nitrogens with zero attached hydrogens (tertiary/aromatic N) is 6. The van der Waals surface area contributed by atoms with Gasteiger partial charge >= 0.3 is 0 Å². The Morgan fingerprint density at radius 3 is 2.47 bits per heavy atom. The number of benzene rings is 1. The number of hydrogen-bond donors (Lipinski definition) is 1. The van der Waals surface area contributed by atoms with Crippen LogP contribution in [0.4, 0.5) is 5.69 Å². The maximum atomic E-state index is 6.70. The van der Waals surface area contributed by atoms with E-state index < -0.39 is 0 Å². The van der Waals surface area contributed by atoms with Crippen molar-refractivity contribution >= 4 is 28.2 Å². The number of rotatable bonds is 5. The molecule has 4 heterocycles. The third-order valence-electron chi connectivity index (χ3n) is 7.21. The summed E-state index contributed by atoms with van der Waals surface area (Å²) in [7, 11) is 0. The van der Waals surface area contributed by atoms with Gasteiger partial charge in [-0.2, -0.15) is 10.2 Å². The van der Waals surface area contributed by atoms with E-state index in [0.29, 0.717) is 18.5 Å². The van der Waals surface area contributed by atoms with Crippen molar-refractivity contribution < 1.29 is 4.74 Å². The van der Waals surface area contributed by atoms with Crippen molar-refractivity contribution in [3.8, 4) is 5.69 Å². The fraction of sp³-hybridized carbons (Fsp3) is 0.600. The van der Waals surface area contributed by atoms with Crippen LogP contribution < -0.4 is 10.6 Å². The standard InChI is InChI=1S/C22H28ClN7O.C2H6.CH4/c1-22(13-31-14-22)28-4-2-27(3-5-28)21-8-20-16(6-18(21)23)10-26-30(20)17-11-25-29(12-17)19-7-15(19)9-24;1-2;/h6,8,10-12,15,19H,2-5,7,9,13-14,24H2,1H3;1-2H3;1H4. The minimum absolute atomic E-state index is 0. The van der Waals surface area contributed by atoms with E-state index in [1.54, 1.807) is 0 Å². The minimum Gasteiger partial charge on any atom is -0.377 e. The van der Waals surface area contributed by atoms with Gasteiger partial charge in [-0.05, 0) is 37.9 Å². The molecule has 0 amide bonds. The second-order valence-electron chi connectivity index (χ2n) is 9.36. The Balaban J connectivity index is 0.000000890. The molecule has 3 fully saturated rings. The summed E-state index contributed by atoms with van der Waals surface area (Å²) >= 11 is 6.70. The van der Waals surface area contributed by atoms with E-state index in [1.807, 2.05) is 41.7 Å². The second kappa shape index (κ2) is 9.85. The van der Waals surface area contributed by atoms with Gasteiger partial charge in [0.2, 0.25) is 0 Å². The third kappa shape index (κ3) is 4.33. The highest BCUT2D eigenvalue weighted by atomic mass is 35.5. The Labute approximate surface area is 207 Å². The highest BCUT2D eigenvalue weighted by molar-refractivity contribution is 6.34. The molecule has 2 saturated heterocycles. The van der Waals surface area contributed by atoms with Gasteiger partial charge in [-0.1, -0.05) is 32.9 Å². The summed E-state index contributed by atoms with van der Waals surface area (Å²) in [4.78, 5) is 4.93. The molecule has 3 aliphatic rings. The summed E-state index contributed by atoms with van der Waals surface area (Å²) < 4.78 is 9.44. The van der Waals surface area contributed by atoms with E-state index in [1.165, 1.54) is 0 Å². The molecule has 2 aliphatic heterocycles. The lowest BCUT2D eigenvalue weighted by Crippen LogP contribution is -2.64. The van der Waals surface area contributed by atoms with Gasteiger partial charge in [0, 0.05) is 31.6 Å². The van der Waals surface area contributed by atoms with Gasteiger partial charge in [0.15, 0.2) is 0 Å². The molecular formula is C25H38ClN7O. The highest BCUT2D eigenvalue weighted by Crippen LogP contribution is 2.42. The van der Waals surface area contributed by atoms with E-state index in [-0.39, 0.29) is 13.0 Å². The molecule has 186 valence electrons. The lowest BCUT2D eigenvalue weighted by molar-refractivity contribution is -0.131. The first kappa shape index (κ1) is 25.0.